The highest BCUT2D eigenvalue weighted by atomic mass is 16.5. The lowest BCUT2D eigenvalue weighted by Gasteiger charge is -2.27. The second kappa shape index (κ2) is 2.71. The molecule has 2 saturated heterocycles. The molecule has 2 aliphatic rings. The van der Waals surface area contributed by atoms with Crippen LogP contribution in [0, 0.1) is 5.92 Å². The Morgan fingerprint density at radius 3 is 3.17 bits per heavy atom. The maximum absolute atomic E-state index is 11.1. The molecule has 0 bridgehead atoms. The molecule has 0 aliphatic carbocycles. The van der Waals surface area contributed by atoms with Crippen molar-refractivity contribution in [3.8, 4) is 0 Å². The van der Waals surface area contributed by atoms with Gasteiger partial charge in [0.15, 0.2) is 0 Å². The number of carbonyl (C=O) groups is 1. The number of rotatable bonds is 1. The molecule has 0 radical (unpaired) electrons. The van der Waals surface area contributed by atoms with Crippen LogP contribution < -0.4 is 5.32 Å². The second-order valence-corrected chi connectivity index (χ2v) is 3.59. The van der Waals surface area contributed by atoms with Crippen molar-refractivity contribution in [3.05, 3.63) is 0 Å². The van der Waals surface area contributed by atoms with Gasteiger partial charge in [-0.05, 0) is 6.42 Å². The van der Waals surface area contributed by atoms with Gasteiger partial charge in [-0.3, -0.25) is 4.79 Å². The van der Waals surface area contributed by atoms with Gasteiger partial charge < -0.3 is 15.2 Å². The summed E-state index contributed by atoms with van der Waals surface area (Å²) in [5, 5.41) is 12.0. The van der Waals surface area contributed by atoms with Crippen LogP contribution in [0.3, 0.4) is 0 Å². The third-order valence-corrected chi connectivity index (χ3v) is 2.87. The molecule has 4 nitrogen and oxygen atoms in total. The van der Waals surface area contributed by atoms with Crippen LogP contribution >= 0.6 is 0 Å². The standard InChI is InChI=1S/C8H13NO3/c10-4-6-3-7(11)9-8(6)1-2-12-5-8/h6,10H,1-5H2,(H,9,11). The second-order valence-electron chi connectivity index (χ2n) is 3.59. The minimum absolute atomic E-state index is 0.0413. The van der Waals surface area contributed by atoms with Crippen molar-refractivity contribution in [2.45, 2.75) is 18.4 Å². The lowest BCUT2D eigenvalue weighted by atomic mass is 9.85. The Bertz CT molecular complexity index is 198. The maximum atomic E-state index is 11.1. The molecule has 1 amide bonds. The number of hydrogen-bond donors (Lipinski definition) is 2. The maximum Gasteiger partial charge on any atom is 0.220 e. The fourth-order valence-corrected chi connectivity index (χ4v) is 2.09. The summed E-state index contributed by atoms with van der Waals surface area (Å²) in [4.78, 5) is 11.1. The molecule has 4 heteroatoms. The van der Waals surface area contributed by atoms with Gasteiger partial charge in [0, 0.05) is 25.6 Å². The van der Waals surface area contributed by atoms with Crippen LogP contribution in [-0.2, 0) is 9.53 Å². The molecule has 2 N–H and O–H groups in total. The summed E-state index contributed by atoms with van der Waals surface area (Å²) >= 11 is 0. The Labute approximate surface area is 70.9 Å². The molecule has 2 fully saturated rings. The van der Waals surface area contributed by atoms with E-state index in [-0.39, 0.29) is 24.0 Å². The van der Waals surface area contributed by atoms with Gasteiger partial charge in [0.25, 0.3) is 0 Å². The molecule has 68 valence electrons. The number of ether oxygens (including phenoxy) is 1. The zero-order valence-electron chi connectivity index (χ0n) is 6.88. The molecule has 2 aliphatic heterocycles. The van der Waals surface area contributed by atoms with E-state index in [1.165, 1.54) is 0 Å². The van der Waals surface area contributed by atoms with Crippen molar-refractivity contribution in [3.63, 3.8) is 0 Å². The summed E-state index contributed by atoms with van der Waals surface area (Å²) in [7, 11) is 0. The molecule has 2 rings (SSSR count). The van der Waals surface area contributed by atoms with Gasteiger partial charge >= 0.3 is 0 Å². The average molecular weight is 171 g/mol. The molecular weight excluding hydrogens is 158 g/mol. The van der Waals surface area contributed by atoms with Crippen molar-refractivity contribution in [1.29, 1.82) is 0 Å². The van der Waals surface area contributed by atoms with Gasteiger partial charge in [-0.2, -0.15) is 0 Å². The largest absolute Gasteiger partial charge is 0.396 e. The van der Waals surface area contributed by atoms with Crippen molar-refractivity contribution in [2.24, 2.45) is 5.92 Å². The predicted molar refractivity (Wildman–Crippen MR) is 41.5 cm³/mol. The van der Waals surface area contributed by atoms with Gasteiger partial charge in [-0.15, -0.1) is 0 Å². The van der Waals surface area contributed by atoms with E-state index in [0.717, 1.165) is 6.42 Å². The van der Waals surface area contributed by atoms with Crippen LogP contribution in [0.5, 0.6) is 0 Å². The smallest absolute Gasteiger partial charge is 0.220 e. The predicted octanol–water partition coefficient (Wildman–Crippen LogP) is -0.726. The van der Waals surface area contributed by atoms with Crippen LogP contribution in [0.1, 0.15) is 12.8 Å². The molecule has 12 heavy (non-hydrogen) atoms. The van der Waals surface area contributed by atoms with Crippen LogP contribution in [0.25, 0.3) is 0 Å². The summed E-state index contributed by atoms with van der Waals surface area (Å²) in [6, 6.07) is 0. The Kier molecular flexibility index (Phi) is 1.81. The van der Waals surface area contributed by atoms with Crippen molar-refractivity contribution < 1.29 is 14.6 Å². The molecule has 2 unspecified atom stereocenters. The zero-order valence-corrected chi connectivity index (χ0v) is 6.88. The molecule has 0 saturated carbocycles. The Hall–Kier alpha value is -0.610. The van der Waals surface area contributed by atoms with Gasteiger partial charge in [0.2, 0.25) is 5.91 Å². The normalized spacial score (nSPS) is 40.8. The Morgan fingerprint density at radius 2 is 2.58 bits per heavy atom. The van der Waals surface area contributed by atoms with Gasteiger partial charge in [-0.25, -0.2) is 0 Å². The first-order valence-corrected chi connectivity index (χ1v) is 4.26. The molecule has 0 aromatic rings. The number of carbonyl (C=O) groups excluding carboxylic acids is 1. The van der Waals surface area contributed by atoms with E-state index in [4.69, 9.17) is 9.84 Å². The van der Waals surface area contributed by atoms with Crippen LogP contribution in [0.15, 0.2) is 0 Å². The molecule has 0 aromatic carbocycles. The number of hydrogen-bond acceptors (Lipinski definition) is 3. The van der Waals surface area contributed by atoms with E-state index in [9.17, 15) is 4.79 Å². The Balaban J connectivity index is 2.16. The minimum Gasteiger partial charge on any atom is -0.396 e. The van der Waals surface area contributed by atoms with Crippen molar-refractivity contribution >= 4 is 5.91 Å². The lowest BCUT2D eigenvalue weighted by molar-refractivity contribution is -0.119. The summed E-state index contributed by atoms with van der Waals surface area (Å²) in [5.41, 5.74) is -0.244. The van der Waals surface area contributed by atoms with Crippen LogP contribution in [0.4, 0.5) is 0 Å². The highest BCUT2D eigenvalue weighted by molar-refractivity contribution is 5.80. The lowest BCUT2D eigenvalue weighted by Crippen LogP contribution is -2.47. The molecule has 2 heterocycles. The third kappa shape index (κ3) is 1.03. The van der Waals surface area contributed by atoms with E-state index >= 15 is 0 Å². The number of aliphatic hydroxyl groups excluding tert-OH is 1. The first-order chi connectivity index (χ1) is 5.77. The van der Waals surface area contributed by atoms with E-state index in [1.54, 1.807) is 0 Å². The fraction of sp³-hybridized carbons (Fsp3) is 0.875. The molecule has 0 aromatic heterocycles. The number of nitrogens with one attached hydrogen (secondary N) is 1. The van der Waals surface area contributed by atoms with Gasteiger partial charge in [0.05, 0.1) is 12.1 Å². The zero-order chi connectivity index (χ0) is 8.60. The monoisotopic (exact) mass is 171 g/mol. The van der Waals surface area contributed by atoms with Gasteiger partial charge in [-0.1, -0.05) is 0 Å². The van der Waals surface area contributed by atoms with Crippen molar-refractivity contribution in [2.75, 3.05) is 19.8 Å². The highest BCUT2D eigenvalue weighted by Crippen LogP contribution is 2.34. The molecule has 1 spiro atoms. The Morgan fingerprint density at radius 1 is 1.75 bits per heavy atom. The fourth-order valence-electron chi connectivity index (χ4n) is 2.09. The summed E-state index contributed by atoms with van der Waals surface area (Å²) < 4.78 is 5.24. The first-order valence-electron chi connectivity index (χ1n) is 4.26. The van der Waals surface area contributed by atoms with E-state index in [0.29, 0.717) is 19.6 Å². The van der Waals surface area contributed by atoms with E-state index in [1.807, 2.05) is 0 Å². The topological polar surface area (TPSA) is 58.6 Å². The number of amides is 1. The quantitative estimate of drug-likeness (QED) is 0.547. The number of aliphatic hydroxyl groups is 1. The minimum atomic E-state index is -0.244. The summed E-state index contributed by atoms with van der Waals surface area (Å²) in [5.74, 6) is 0.0899. The van der Waals surface area contributed by atoms with Crippen LogP contribution in [-0.4, -0.2) is 36.4 Å². The third-order valence-electron chi connectivity index (χ3n) is 2.87. The van der Waals surface area contributed by atoms with E-state index in [2.05, 4.69) is 5.32 Å². The summed E-state index contributed by atoms with van der Waals surface area (Å²) in [6.07, 6.45) is 1.28. The summed E-state index contributed by atoms with van der Waals surface area (Å²) in [6.45, 7) is 1.32. The average Bonchev–Trinajstić information content (AvgIpc) is 2.60. The van der Waals surface area contributed by atoms with E-state index < -0.39 is 0 Å². The van der Waals surface area contributed by atoms with Gasteiger partial charge in [0.1, 0.15) is 0 Å². The van der Waals surface area contributed by atoms with Crippen LogP contribution in [0.2, 0.25) is 0 Å². The highest BCUT2D eigenvalue weighted by Gasteiger charge is 2.48. The molecular formula is C8H13NO3. The molecule has 2 atom stereocenters. The van der Waals surface area contributed by atoms with Crippen molar-refractivity contribution in [1.82, 2.24) is 5.32 Å². The SMILES string of the molecule is O=C1CC(CO)C2(CCOC2)N1. The first kappa shape index (κ1) is 8.01.